The maximum Gasteiger partial charge on any atom is 0.338 e. The molecule has 0 bridgehead atoms. The van der Waals surface area contributed by atoms with Crippen LogP contribution in [-0.4, -0.2) is 40.9 Å². The van der Waals surface area contributed by atoms with Crippen molar-refractivity contribution in [3.8, 4) is 0 Å². The van der Waals surface area contributed by atoms with Gasteiger partial charge in [-0.15, -0.1) is 0 Å². The zero-order chi connectivity index (χ0) is 22.1. The third kappa shape index (κ3) is 4.59. The van der Waals surface area contributed by atoms with Gasteiger partial charge in [-0.25, -0.2) is 4.79 Å². The van der Waals surface area contributed by atoms with Gasteiger partial charge in [0, 0.05) is 24.5 Å². The summed E-state index contributed by atoms with van der Waals surface area (Å²) in [6.07, 6.45) is 2.43. The van der Waals surface area contributed by atoms with Crippen LogP contribution in [0.3, 0.4) is 0 Å². The van der Waals surface area contributed by atoms with Crippen LogP contribution < -0.4 is 0 Å². The maximum atomic E-state index is 12.4. The Morgan fingerprint density at radius 1 is 1.20 bits per heavy atom. The molecule has 1 aliphatic heterocycles. The van der Waals surface area contributed by atoms with Crippen molar-refractivity contribution in [2.75, 3.05) is 13.2 Å². The molecule has 30 heavy (non-hydrogen) atoms. The number of carbonyl (C=O) groups excluding carboxylic acids is 1. The van der Waals surface area contributed by atoms with Gasteiger partial charge in [0.1, 0.15) is 12.7 Å². The fraction of sp³-hybridized carbons (Fsp3) is 0.650. The number of hydrogen-bond donors (Lipinski definition) is 0. The minimum Gasteiger partial charge on any atom is -0.459 e. The highest BCUT2D eigenvalue weighted by Gasteiger charge is 2.51. The molecule has 4 atom stereocenters. The number of non-ortho nitro benzene ring substituents is 2. The summed E-state index contributed by atoms with van der Waals surface area (Å²) >= 11 is 0. The van der Waals surface area contributed by atoms with Gasteiger partial charge >= 0.3 is 5.97 Å². The van der Waals surface area contributed by atoms with E-state index in [1.54, 1.807) is 0 Å². The van der Waals surface area contributed by atoms with Gasteiger partial charge in [-0.3, -0.25) is 20.2 Å². The molecular weight excluding hydrogens is 396 g/mol. The molecule has 1 aromatic carbocycles. The van der Waals surface area contributed by atoms with E-state index in [4.69, 9.17) is 14.2 Å². The fourth-order valence-corrected chi connectivity index (χ4v) is 4.41. The number of hydrogen-bond acceptors (Lipinski definition) is 8. The van der Waals surface area contributed by atoms with Crippen molar-refractivity contribution >= 4 is 17.3 Å². The van der Waals surface area contributed by atoms with Crippen LogP contribution in [0.1, 0.15) is 50.4 Å². The van der Waals surface area contributed by atoms with Crippen molar-refractivity contribution in [3.05, 3.63) is 44.0 Å². The molecule has 2 fully saturated rings. The Bertz CT molecular complexity index is 810. The lowest BCUT2D eigenvalue weighted by Gasteiger charge is -2.44. The summed E-state index contributed by atoms with van der Waals surface area (Å²) in [6.45, 7) is 6.61. The lowest BCUT2D eigenvalue weighted by atomic mass is 9.73. The van der Waals surface area contributed by atoms with E-state index < -0.39 is 39.1 Å². The number of ether oxygens (including phenoxy) is 3. The summed E-state index contributed by atoms with van der Waals surface area (Å²) in [5, 5.41) is 22.0. The molecule has 3 rings (SSSR count). The molecule has 10 heteroatoms. The van der Waals surface area contributed by atoms with Crippen LogP contribution in [-0.2, 0) is 14.2 Å². The average molecular weight is 422 g/mol. The molecule has 1 aromatic rings. The molecule has 1 aliphatic carbocycles. The van der Waals surface area contributed by atoms with Crippen LogP contribution in [0.15, 0.2) is 18.2 Å². The van der Waals surface area contributed by atoms with Crippen LogP contribution in [0.25, 0.3) is 0 Å². The molecule has 0 aromatic heterocycles. The Kier molecular flexibility index (Phi) is 6.37. The van der Waals surface area contributed by atoms with Crippen LogP contribution in [0.4, 0.5) is 11.4 Å². The normalized spacial score (nSPS) is 28.6. The second kappa shape index (κ2) is 8.65. The molecule has 1 heterocycles. The van der Waals surface area contributed by atoms with Gasteiger partial charge in [0.05, 0.1) is 28.1 Å². The van der Waals surface area contributed by atoms with Gasteiger partial charge in [0.15, 0.2) is 5.79 Å². The second-order valence-corrected chi connectivity index (χ2v) is 8.45. The first-order chi connectivity index (χ1) is 14.1. The summed E-state index contributed by atoms with van der Waals surface area (Å²) < 4.78 is 17.6. The van der Waals surface area contributed by atoms with Crippen molar-refractivity contribution in [1.29, 1.82) is 0 Å². The van der Waals surface area contributed by atoms with E-state index >= 15 is 0 Å². The van der Waals surface area contributed by atoms with Crippen LogP contribution in [0, 0.1) is 38.0 Å². The second-order valence-electron chi connectivity index (χ2n) is 8.45. The molecule has 0 amide bonds. The van der Waals surface area contributed by atoms with E-state index in [2.05, 4.69) is 20.8 Å². The van der Waals surface area contributed by atoms with Gasteiger partial charge in [0.25, 0.3) is 11.4 Å². The predicted octanol–water partition coefficient (Wildman–Crippen LogP) is 3.86. The Morgan fingerprint density at radius 2 is 1.83 bits per heavy atom. The first kappa shape index (κ1) is 22.1. The van der Waals surface area contributed by atoms with Crippen molar-refractivity contribution in [1.82, 2.24) is 0 Å². The zero-order valence-corrected chi connectivity index (χ0v) is 17.2. The molecule has 1 saturated heterocycles. The number of rotatable bonds is 6. The Morgan fingerprint density at radius 3 is 2.40 bits per heavy atom. The number of esters is 1. The molecule has 0 unspecified atom stereocenters. The zero-order valence-electron chi connectivity index (χ0n) is 17.2. The van der Waals surface area contributed by atoms with Gasteiger partial charge in [0.2, 0.25) is 0 Å². The minimum atomic E-state index is -0.885. The number of nitro benzene ring substituents is 2. The molecule has 10 nitrogen and oxygen atoms in total. The van der Waals surface area contributed by atoms with Gasteiger partial charge in [-0.2, -0.15) is 0 Å². The summed E-state index contributed by atoms with van der Waals surface area (Å²) in [7, 11) is 0. The summed E-state index contributed by atoms with van der Waals surface area (Å²) in [6, 6.07) is 2.71. The molecule has 0 radical (unpaired) electrons. The van der Waals surface area contributed by atoms with Crippen LogP contribution in [0.5, 0.6) is 0 Å². The fourth-order valence-electron chi connectivity index (χ4n) is 4.41. The first-order valence-electron chi connectivity index (χ1n) is 10.0. The Hall–Kier alpha value is -2.59. The molecule has 164 valence electrons. The van der Waals surface area contributed by atoms with Crippen LogP contribution >= 0.6 is 0 Å². The van der Waals surface area contributed by atoms with E-state index in [1.807, 2.05) is 0 Å². The monoisotopic (exact) mass is 422 g/mol. The Labute approximate surface area is 173 Å². The highest BCUT2D eigenvalue weighted by molar-refractivity contribution is 5.91. The number of nitro groups is 2. The SMILES string of the molecule is CC(C)[C@@H]1CC[C@@H](C)C[C@]12OC[C@@H](COC(=O)c1cc([N+](=O)[O-])cc([N+](=O)[O-])c1)O2. The molecular formula is C20H26N2O8. The number of nitrogens with zero attached hydrogens (tertiary/aromatic N) is 2. The molecule has 2 aliphatic rings. The summed E-state index contributed by atoms with van der Waals surface area (Å²) in [5.74, 6) is -0.485. The third-order valence-corrected chi connectivity index (χ3v) is 5.81. The smallest absolute Gasteiger partial charge is 0.338 e. The van der Waals surface area contributed by atoms with E-state index in [0.29, 0.717) is 11.8 Å². The van der Waals surface area contributed by atoms with Crippen LogP contribution in [0.2, 0.25) is 0 Å². The largest absolute Gasteiger partial charge is 0.459 e. The number of benzene rings is 1. The van der Waals surface area contributed by atoms with Crippen molar-refractivity contribution < 1.29 is 28.9 Å². The molecule has 1 spiro atoms. The van der Waals surface area contributed by atoms with E-state index in [0.717, 1.165) is 37.5 Å². The lowest BCUT2D eigenvalue weighted by molar-refractivity contribution is -0.394. The maximum absolute atomic E-state index is 12.4. The van der Waals surface area contributed by atoms with E-state index in [1.165, 1.54) is 0 Å². The first-order valence-corrected chi connectivity index (χ1v) is 10.0. The minimum absolute atomic E-state index is 0.101. The molecule has 1 saturated carbocycles. The van der Waals surface area contributed by atoms with Gasteiger partial charge < -0.3 is 14.2 Å². The lowest BCUT2D eigenvalue weighted by Crippen LogP contribution is -2.47. The van der Waals surface area contributed by atoms with Crippen molar-refractivity contribution in [2.45, 2.75) is 51.9 Å². The summed E-state index contributed by atoms with van der Waals surface area (Å²) in [5.41, 5.74) is -1.35. The highest BCUT2D eigenvalue weighted by atomic mass is 16.8. The van der Waals surface area contributed by atoms with Crippen molar-refractivity contribution in [3.63, 3.8) is 0 Å². The Balaban J connectivity index is 1.67. The topological polar surface area (TPSA) is 131 Å². The number of carbonyl (C=O) groups is 1. The predicted molar refractivity (Wildman–Crippen MR) is 105 cm³/mol. The van der Waals surface area contributed by atoms with Gasteiger partial charge in [-0.1, -0.05) is 27.2 Å². The summed E-state index contributed by atoms with van der Waals surface area (Å²) in [4.78, 5) is 32.8. The average Bonchev–Trinajstić information content (AvgIpc) is 3.07. The van der Waals surface area contributed by atoms with E-state index in [9.17, 15) is 25.0 Å². The van der Waals surface area contributed by atoms with E-state index in [-0.39, 0.29) is 24.7 Å². The standard InChI is InChI=1S/C20H26N2O8/c1-12(2)18-5-4-13(3)9-20(18)29-11-17(30-20)10-28-19(23)14-6-15(21(24)25)8-16(7-14)22(26)27/h6-8,12-13,17-18H,4-5,9-11H2,1-3H3/t13-,17-,18+,20-/m1/s1. The quantitative estimate of drug-likeness (QED) is 0.383. The highest BCUT2D eigenvalue weighted by Crippen LogP contribution is 2.47. The molecule has 0 N–H and O–H groups in total. The third-order valence-electron chi connectivity index (χ3n) is 5.81. The van der Waals surface area contributed by atoms with Gasteiger partial charge in [-0.05, 0) is 18.3 Å². The van der Waals surface area contributed by atoms with Crippen molar-refractivity contribution in [2.24, 2.45) is 17.8 Å².